The van der Waals surface area contributed by atoms with E-state index in [1.807, 2.05) is 6.92 Å². The van der Waals surface area contributed by atoms with E-state index in [4.69, 9.17) is 9.84 Å². The summed E-state index contributed by atoms with van der Waals surface area (Å²) in [6.07, 6.45) is 0.860. The molecule has 7 heavy (non-hydrogen) atoms. The van der Waals surface area contributed by atoms with Crippen molar-refractivity contribution in [3.8, 4) is 0 Å². The molecule has 0 radical (unpaired) electrons. The lowest BCUT2D eigenvalue weighted by molar-refractivity contribution is 0.0925. The molecular weight excluding hydrogens is 92.1 g/mol. The molecule has 2 heteroatoms. The van der Waals surface area contributed by atoms with Gasteiger partial charge in [0.1, 0.15) is 0 Å². The van der Waals surface area contributed by atoms with Gasteiger partial charge in [0.15, 0.2) is 0 Å². The van der Waals surface area contributed by atoms with Crippen molar-refractivity contribution in [1.29, 1.82) is 0 Å². The zero-order chi connectivity index (χ0) is 5.28. The molecule has 0 aromatic heterocycles. The van der Waals surface area contributed by atoms with Crippen molar-refractivity contribution in [2.45, 2.75) is 25.6 Å². The SMILES string of the molecule is CCOC1CC1O. The third-order valence-electron chi connectivity index (χ3n) is 1.08. The van der Waals surface area contributed by atoms with Crippen molar-refractivity contribution in [3.63, 3.8) is 0 Å². The molecule has 2 atom stereocenters. The van der Waals surface area contributed by atoms with Gasteiger partial charge in [-0.25, -0.2) is 0 Å². The first-order valence-electron chi connectivity index (χ1n) is 2.64. The smallest absolute Gasteiger partial charge is 0.0860 e. The van der Waals surface area contributed by atoms with Crippen molar-refractivity contribution in [2.24, 2.45) is 0 Å². The van der Waals surface area contributed by atoms with E-state index in [-0.39, 0.29) is 12.2 Å². The molecule has 0 aromatic rings. The number of rotatable bonds is 2. The lowest BCUT2D eigenvalue weighted by Crippen LogP contribution is -1.97. The third kappa shape index (κ3) is 1.14. The quantitative estimate of drug-likeness (QED) is 0.538. The van der Waals surface area contributed by atoms with Gasteiger partial charge in [0.25, 0.3) is 0 Å². The lowest BCUT2D eigenvalue weighted by atomic mass is 10.7. The maximum absolute atomic E-state index is 8.63. The second-order valence-corrected chi connectivity index (χ2v) is 1.80. The van der Waals surface area contributed by atoms with Crippen LogP contribution < -0.4 is 0 Å². The Morgan fingerprint density at radius 3 is 2.57 bits per heavy atom. The molecule has 1 N–H and O–H groups in total. The second-order valence-electron chi connectivity index (χ2n) is 1.80. The first-order valence-corrected chi connectivity index (χ1v) is 2.64. The van der Waals surface area contributed by atoms with Crippen LogP contribution in [0.4, 0.5) is 0 Å². The zero-order valence-corrected chi connectivity index (χ0v) is 4.42. The minimum Gasteiger partial charge on any atom is -0.390 e. The van der Waals surface area contributed by atoms with Gasteiger partial charge in [-0.1, -0.05) is 0 Å². The Hall–Kier alpha value is -0.0800. The summed E-state index contributed by atoms with van der Waals surface area (Å²) in [5.74, 6) is 0. The van der Waals surface area contributed by atoms with E-state index >= 15 is 0 Å². The summed E-state index contributed by atoms with van der Waals surface area (Å²) in [7, 11) is 0. The molecule has 0 spiro atoms. The predicted octanol–water partition coefficient (Wildman–Crippen LogP) is 0.156. The summed E-state index contributed by atoms with van der Waals surface area (Å²) in [4.78, 5) is 0. The standard InChI is InChI=1S/C5H10O2/c1-2-7-5-3-4(5)6/h4-6H,2-3H2,1H3. The third-order valence-corrected chi connectivity index (χ3v) is 1.08. The maximum Gasteiger partial charge on any atom is 0.0860 e. The highest BCUT2D eigenvalue weighted by atomic mass is 16.5. The normalized spacial score (nSPS) is 38.6. The monoisotopic (exact) mass is 102 g/mol. The number of ether oxygens (including phenoxy) is 1. The fraction of sp³-hybridized carbons (Fsp3) is 1.00. The van der Waals surface area contributed by atoms with Gasteiger partial charge in [-0.2, -0.15) is 0 Å². The first-order chi connectivity index (χ1) is 3.34. The average molecular weight is 102 g/mol. The lowest BCUT2D eigenvalue weighted by Gasteiger charge is -1.91. The molecule has 2 unspecified atom stereocenters. The fourth-order valence-corrected chi connectivity index (χ4v) is 0.553. The maximum atomic E-state index is 8.63. The van der Waals surface area contributed by atoms with Gasteiger partial charge < -0.3 is 9.84 Å². The van der Waals surface area contributed by atoms with Crippen LogP contribution in [-0.4, -0.2) is 23.9 Å². The first kappa shape index (κ1) is 5.06. The van der Waals surface area contributed by atoms with Crippen molar-refractivity contribution in [2.75, 3.05) is 6.61 Å². The van der Waals surface area contributed by atoms with Gasteiger partial charge in [-0.05, 0) is 6.92 Å². The van der Waals surface area contributed by atoms with Crippen molar-refractivity contribution >= 4 is 0 Å². The number of hydrogen-bond acceptors (Lipinski definition) is 2. The molecule has 1 rings (SSSR count). The van der Waals surface area contributed by atoms with Crippen LogP contribution in [0.2, 0.25) is 0 Å². The van der Waals surface area contributed by atoms with Crippen LogP contribution in [0, 0.1) is 0 Å². The van der Waals surface area contributed by atoms with E-state index in [1.165, 1.54) is 0 Å². The van der Waals surface area contributed by atoms with Crippen LogP contribution in [0.5, 0.6) is 0 Å². The molecule has 0 heterocycles. The van der Waals surface area contributed by atoms with Gasteiger partial charge in [0, 0.05) is 13.0 Å². The van der Waals surface area contributed by atoms with Crippen LogP contribution >= 0.6 is 0 Å². The second kappa shape index (κ2) is 1.80. The molecular formula is C5H10O2. The summed E-state index contributed by atoms with van der Waals surface area (Å²) in [6.45, 7) is 2.66. The van der Waals surface area contributed by atoms with Crippen molar-refractivity contribution in [3.05, 3.63) is 0 Å². The van der Waals surface area contributed by atoms with E-state index in [0.717, 1.165) is 13.0 Å². The Kier molecular flexibility index (Phi) is 1.30. The molecule has 1 aliphatic carbocycles. The Bertz CT molecular complexity index is 63.1. The summed E-state index contributed by atoms with van der Waals surface area (Å²) < 4.78 is 5.02. The molecule has 0 aliphatic heterocycles. The van der Waals surface area contributed by atoms with E-state index in [2.05, 4.69) is 0 Å². The van der Waals surface area contributed by atoms with E-state index < -0.39 is 0 Å². The number of aliphatic hydroxyl groups is 1. The number of aliphatic hydroxyl groups excluding tert-OH is 1. The van der Waals surface area contributed by atoms with Crippen molar-refractivity contribution < 1.29 is 9.84 Å². The fourth-order valence-electron chi connectivity index (χ4n) is 0.553. The van der Waals surface area contributed by atoms with E-state index in [0.29, 0.717) is 0 Å². The van der Waals surface area contributed by atoms with Crippen LogP contribution in [0.15, 0.2) is 0 Å². The minimum absolute atomic E-state index is 0.153. The summed E-state index contributed by atoms with van der Waals surface area (Å²) in [5, 5.41) is 8.63. The highest BCUT2D eigenvalue weighted by molar-refractivity contribution is 4.86. The molecule has 1 saturated carbocycles. The van der Waals surface area contributed by atoms with Crippen molar-refractivity contribution in [1.82, 2.24) is 0 Å². The molecule has 0 saturated heterocycles. The Morgan fingerprint density at radius 1 is 1.86 bits per heavy atom. The highest BCUT2D eigenvalue weighted by Crippen LogP contribution is 2.23. The predicted molar refractivity (Wildman–Crippen MR) is 26.0 cm³/mol. The molecule has 0 amide bonds. The van der Waals surface area contributed by atoms with Gasteiger partial charge in [-0.15, -0.1) is 0 Å². The van der Waals surface area contributed by atoms with Crippen LogP contribution in [-0.2, 0) is 4.74 Å². The summed E-state index contributed by atoms with van der Waals surface area (Å²) >= 11 is 0. The molecule has 0 aromatic carbocycles. The van der Waals surface area contributed by atoms with E-state index in [1.54, 1.807) is 0 Å². The average Bonchev–Trinajstić information content (AvgIpc) is 2.22. The van der Waals surface area contributed by atoms with E-state index in [9.17, 15) is 0 Å². The zero-order valence-electron chi connectivity index (χ0n) is 4.42. The molecule has 1 aliphatic rings. The van der Waals surface area contributed by atoms with Gasteiger partial charge in [0.05, 0.1) is 12.2 Å². The molecule has 0 bridgehead atoms. The minimum atomic E-state index is -0.153. The Morgan fingerprint density at radius 2 is 2.43 bits per heavy atom. The molecule has 42 valence electrons. The molecule has 1 fully saturated rings. The Balaban J connectivity index is 1.98. The van der Waals surface area contributed by atoms with Crippen LogP contribution in [0.1, 0.15) is 13.3 Å². The summed E-state index contributed by atoms with van der Waals surface area (Å²) in [5.41, 5.74) is 0. The summed E-state index contributed by atoms with van der Waals surface area (Å²) in [6, 6.07) is 0. The van der Waals surface area contributed by atoms with Crippen LogP contribution in [0.25, 0.3) is 0 Å². The number of hydrogen-bond donors (Lipinski definition) is 1. The topological polar surface area (TPSA) is 29.5 Å². The van der Waals surface area contributed by atoms with Gasteiger partial charge >= 0.3 is 0 Å². The largest absolute Gasteiger partial charge is 0.390 e. The van der Waals surface area contributed by atoms with Gasteiger partial charge in [-0.3, -0.25) is 0 Å². The highest BCUT2D eigenvalue weighted by Gasteiger charge is 2.35. The Labute approximate surface area is 43.1 Å². The van der Waals surface area contributed by atoms with Crippen LogP contribution in [0.3, 0.4) is 0 Å². The molecule has 2 nitrogen and oxygen atoms in total. The van der Waals surface area contributed by atoms with Gasteiger partial charge in [0.2, 0.25) is 0 Å².